The summed E-state index contributed by atoms with van der Waals surface area (Å²) in [6.07, 6.45) is -0.487. The van der Waals surface area contributed by atoms with E-state index in [9.17, 15) is 13.6 Å². The van der Waals surface area contributed by atoms with E-state index >= 15 is 0 Å². The maximum atomic E-state index is 13.3. The standard InChI is InChI=1S/C16H19ClF2N4O2/c1-15(2,3)25-14(24)11-9-8-10(17)13(20-12(9)22-21-11)23-6-4-16(18,19)5-7-23/h8H,4-7H2,1-3H3,(H,20,21,22). The number of ether oxygens (including phenoxy) is 1. The predicted molar refractivity (Wildman–Crippen MR) is 90.5 cm³/mol. The molecule has 0 amide bonds. The van der Waals surface area contributed by atoms with Crippen molar-refractivity contribution in [3.63, 3.8) is 0 Å². The zero-order chi connectivity index (χ0) is 18.4. The number of fused-ring (bicyclic) bond motifs is 1. The molecular weight excluding hydrogens is 354 g/mol. The molecule has 1 fully saturated rings. The quantitative estimate of drug-likeness (QED) is 0.812. The number of anilines is 1. The molecule has 3 heterocycles. The molecule has 0 aromatic carbocycles. The number of carbonyl (C=O) groups is 1. The number of alkyl halides is 2. The van der Waals surface area contributed by atoms with E-state index in [4.69, 9.17) is 16.3 Å². The Hall–Kier alpha value is -1.96. The Labute approximate surface area is 148 Å². The Morgan fingerprint density at radius 2 is 2.00 bits per heavy atom. The van der Waals surface area contributed by atoms with Crippen LogP contribution in [0.15, 0.2) is 6.07 Å². The van der Waals surface area contributed by atoms with Crippen LogP contribution in [-0.2, 0) is 4.74 Å². The van der Waals surface area contributed by atoms with E-state index in [-0.39, 0.29) is 42.3 Å². The van der Waals surface area contributed by atoms with Gasteiger partial charge in [-0.1, -0.05) is 11.6 Å². The topological polar surface area (TPSA) is 71.1 Å². The monoisotopic (exact) mass is 372 g/mol. The van der Waals surface area contributed by atoms with Crippen molar-refractivity contribution in [3.05, 3.63) is 16.8 Å². The van der Waals surface area contributed by atoms with Crippen LogP contribution in [0.25, 0.3) is 11.0 Å². The Bertz CT molecular complexity index is 806. The normalized spacial score (nSPS) is 17.8. The second-order valence-electron chi connectivity index (χ2n) is 7.11. The Morgan fingerprint density at radius 3 is 2.60 bits per heavy atom. The minimum Gasteiger partial charge on any atom is -0.455 e. The number of nitrogens with one attached hydrogen (secondary N) is 1. The van der Waals surface area contributed by atoms with Gasteiger partial charge in [0.05, 0.1) is 10.4 Å². The molecule has 2 aromatic heterocycles. The van der Waals surface area contributed by atoms with E-state index < -0.39 is 17.5 Å². The number of rotatable bonds is 2. The van der Waals surface area contributed by atoms with Crippen molar-refractivity contribution in [1.29, 1.82) is 0 Å². The van der Waals surface area contributed by atoms with Crippen LogP contribution < -0.4 is 4.90 Å². The van der Waals surface area contributed by atoms with Gasteiger partial charge in [-0.25, -0.2) is 18.6 Å². The predicted octanol–water partition coefficient (Wildman–Crippen LogP) is 3.80. The Kier molecular flexibility index (Phi) is 4.35. The zero-order valence-electron chi connectivity index (χ0n) is 14.2. The van der Waals surface area contributed by atoms with Gasteiger partial charge < -0.3 is 9.64 Å². The van der Waals surface area contributed by atoms with Gasteiger partial charge in [-0.3, -0.25) is 5.10 Å². The van der Waals surface area contributed by atoms with Gasteiger partial charge in [-0.05, 0) is 26.8 Å². The molecule has 0 saturated carbocycles. The molecule has 1 aliphatic rings. The lowest BCUT2D eigenvalue weighted by molar-refractivity contribution is -0.0221. The van der Waals surface area contributed by atoms with Gasteiger partial charge in [0.15, 0.2) is 11.3 Å². The highest BCUT2D eigenvalue weighted by Crippen LogP contribution is 2.34. The van der Waals surface area contributed by atoms with Crippen molar-refractivity contribution in [2.45, 2.75) is 45.1 Å². The summed E-state index contributed by atoms with van der Waals surface area (Å²) >= 11 is 6.29. The lowest BCUT2D eigenvalue weighted by Gasteiger charge is -2.32. The summed E-state index contributed by atoms with van der Waals surface area (Å²) in [5, 5.41) is 7.36. The largest absolute Gasteiger partial charge is 0.455 e. The molecule has 1 aliphatic heterocycles. The van der Waals surface area contributed by atoms with Crippen molar-refractivity contribution in [2.24, 2.45) is 0 Å². The number of H-pyrrole nitrogens is 1. The number of aromatic amines is 1. The molecule has 0 bridgehead atoms. The molecule has 6 nitrogen and oxygen atoms in total. The second kappa shape index (κ2) is 6.09. The molecule has 1 saturated heterocycles. The summed E-state index contributed by atoms with van der Waals surface area (Å²) in [6, 6.07) is 1.56. The summed E-state index contributed by atoms with van der Waals surface area (Å²) in [4.78, 5) is 18.3. The summed E-state index contributed by atoms with van der Waals surface area (Å²) in [5.41, 5.74) is -0.196. The molecule has 1 N–H and O–H groups in total. The number of halogens is 3. The first kappa shape index (κ1) is 17.8. The van der Waals surface area contributed by atoms with Gasteiger partial charge in [0, 0.05) is 25.9 Å². The molecule has 25 heavy (non-hydrogen) atoms. The number of carbonyl (C=O) groups excluding carboxylic acids is 1. The zero-order valence-corrected chi connectivity index (χ0v) is 15.0. The van der Waals surface area contributed by atoms with E-state index in [2.05, 4.69) is 15.2 Å². The van der Waals surface area contributed by atoms with Crippen LogP contribution in [0, 0.1) is 0 Å². The van der Waals surface area contributed by atoms with Crippen LogP contribution in [0.2, 0.25) is 5.02 Å². The van der Waals surface area contributed by atoms with Crippen molar-refractivity contribution in [3.8, 4) is 0 Å². The fourth-order valence-corrected chi connectivity index (χ4v) is 2.93. The third-order valence-electron chi connectivity index (χ3n) is 3.88. The average molecular weight is 373 g/mol. The summed E-state index contributed by atoms with van der Waals surface area (Å²) in [6.45, 7) is 5.61. The maximum absolute atomic E-state index is 13.3. The number of hydrogen-bond donors (Lipinski definition) is 1. The minimum absolute atomic E-state index is 0.161. The number of esters is 1. The molecule has 0 unspecified atom stereocenters. The maximum Gasteiger partial charge on any atom is 0.357 e. The molecule has 136 valence electrons. The summed E-state index contributed by atoms with van der Waals surface area (Å²) in [7, 11) is 0. The lowest BCUT2D eigenvalue weighted by atomic mass is 10.1. The average Bonchev–Trinajstić information content (AvgIpc) is 2.87. The number of hydrogen-bond acceptors (Lipinski definition) is 5. The van der Waals surface area contributed by atoms with Crippen molar-refractivity contribution in [1.82, 2.24) is 15.2 Å². The molecule has 0 spiro atoms. The lowest BCUT2D eigenvalue weighted by Crippen LogP contribution is -2.39. The highest BCUT2D eigenvalue weighted by molar-refractivity contribution is 6.33. The van der Waals surface area contributed by atoms with Gasteiger partial charge in [-0.15, -0.1) is 0 Å². The SMILES string of the molecule is CC(C)(C)OC(=O)c1[nH]nc2nc(N3CCC(F)(F)CC3)c(Cl)cc12. The highest BCUT2D eigenvalue weighted by Gasteiger charge is 2.35. The van der Waals surface area contributed by atoms with Crippen LogP contribution in [0.1, 0.15) is 44.1 Å². The van der Waals surface area contributed by atoms with E-state index in [1.807, 2.05) is 0 Å². The second-order valence-corrected chi connectivity index (χ2v) is 7.52. The number of pyridine rings is 1. The summed E-state index contributed by atoms with van der Waals surface area (Å²) in [5.74, 6) is -2.81. The molecule has 3 rings (SSSR count). The third kappa shape index (κ3) is 3.84. The number of piperidine rings is 1. The first-order chi connectivity index (χ1) is 11.6. The molecule has 2 aromatic rings. The van der Waals surface area contributed by atoms with Gasteiger partial charge in [0.2, 0.25) is 0 Å². The van der Waals surface area contributed by atoms with E-state index in [0.717, 1.165) is 0 Å². The highest BCUT2D eigenvalue weighted by atomic mass is 35.5. The minimum atomic E-state index is -2.65. The van der Waals surface area contributed by atoms with Crippen LogP contribution >= 0.6 is 11.6 Å². The van der Waals surface area contributed by atoms with E-state index in [1.165, 1.54) is 0 Å². The Balaban J connectivity index is 1.90. The van der Waals surface area contributed by atoms with Gasteiger partial charge in [0.25, 0.3) is 5.92 Å². The summed E-state index contributed by atoms with van der Waals surface area (Å²) < 4.78 is 32.0. The Morgan fingerprint density at radius 1 is 1.36 bits per heavy atom. The van der Waals surface area contributed by atoms with Crippen molar-refractivity contribution in [2.75, 3.05) is 18.0 Å². The molecular formula is C16H19ClF2N4O2. The third-order valence-corrected chi connectivity index (χ3v) is 4.16. The van der Waals surface area contributed by atoms with E-state index in [0.29, 0.717) is 11.2 Å². The van der Waals surface area contributed by atoms with Crippen LogP contribution in [0.5, 0.6) is 0 Å². The first-order valence-corrected chi connectivity index (χ1v) is 8.34. The number of nitrogens with zero attached hydrogens (tertiary/aromatic N) is 3. The van der Waals surface area contributed by atoms with Crippen molar-refractivity contribution >= 4 is 34.4 Å². The van der Waals surface area contributed by atoms with Crippen LogP contribution in [0.4, 0.5) is 14.6 Å². The molecule has 9 heteroatoms. The first-order valence-electron chi connectivity index (χ1n) is 7.96. The van der Waals surface area contributed by atoms with Gasteiger partial charge >= 0.3 is 5.97 Å². The fourth-order valence-electron chi connectivity index (χ4n) is 2.66. The number of aromatic nitrogens is 3. The molecule has 0 atom stereocenters. The molecule has 0 aliphatic carbocycles. The fraction of sp³-hybridized carbons (Fsp3) is 0.562. The van der Waals surface area contributed by atoms with Gasteiger partial charge in [0.1, 0.15) is 11.4 Å². The molecule has 0 radical (unpaired) electrons. The van der Waals surface area contributed by atoms with E-state index in [1.54, 1.807) is 31.7 Å². The van der Waals surface area contributed by atoms with Crippen LogP contribution in [-0.4, -0.2) is 45.8 Å². The van der Waals surface area contributed by atoms with Crippen molar-refractivity contribution < 1.29 is 18.3 Å². The van der Waals surface area contributed by atoms with Gasteiger partial charge in [-0.2, -0.15) is 5.10 Å². The van der Waals surface area contributed by atoms with Crippen LogP contribution in [0.3, 0.4) is 0 Å². The smallest absolute Gasteiger partial charge is 0.357 e.